The Morgan fingerprint density at radius 3 is 2.81 bits per heavy atom. The molecule has 21 heavy (non-hydrogen) atoms. The van der Waals surface area contributed by atoms with Gasteiger partial charge in [0, 0.05) is 18.6 Å². The van der Waals surface area contributed by atoms with Crippen LogP contribution in [0.3, 0.4) is 0 Å². The number of imidazole rings is 1. The minimum atomic E-state index is -3.82. The Labute approximate surface area is 130 Å². The van der Waals surface area contributed by atoms with Crippen LogP contribution in [0.2, 0.25) is 5.02 Å². The van der Waals surface area contributed by atoms with Crippen LogP contribution in [-0.2, 0) is 10.0 Å². The largest absolute Gasteiger partial charge is 0.371 e. The Balaban J connectivity index is 2.12. The molecule has 0 atom stereocenters. The van der Waals surface area contributed by atoms with Crippen LogP contribution in [-0.4, -0.2) is 24.9 Å². The van der Waals surface area contributed by atoms with E-state index in [4.69, 9.17) is 11.6 Å². The molecule has 6 nitrogen and oxygen atoms in total. The molecule has 2 N–H and O–H groups in total. The van der Waals surface area contributed by atoms with Crippen molar-refractivity contribution < 1.29 is 8.42 Å². The van der Waals surface area contributed by atoms with Crippen LogP contribution in [0.15, 0.2) is 40.9 Å². The highest BCUT2D eigenvalue weighted by molar-refractivity contribution is 7.92. The number of hydrogen-bond donors (Lipinski definition) is 2. The van der Waals surface area contributed by atoms with Gasteiger partial charge in [-0.05, 0) is 12.1 Å². The summed E-state index contributed by atoms with van der Waals surface area (Å²) in [5.41, 5.74) is 0.325. The number of para-hydroxylation sites is 1. The van der Waals surface area contributed by atoms with Gasteiger partial charge in [0.05, 0.1) is 10.7 Å². The number of sulfonamides is 1. The molecule has 0 spiro atoms. The molecule has 0 radical (unpaired) electrons. The van der Waals surface area contributed by atoms with Crippen LogP contribution in [0.4, 0.5) is 11.5 Å². The topological polar surface area (TPSA) is 75.5 Å². The van der Waals surface area contributed by atoms with Gasteiger partial charge in [0.15, 0.2) is 10.8 Å². The molecule has 0 unspecified atom stereocenters. The van der Waals surface area contributed by atoms with Crippen LogP contribution in [0.1, 0.15) is 0 Å². The summed E-state index contributed by atoms with van der Waals surface area (Å²) >= 11 is 7.36. The van der Waals surface area contributed by atoms with Gasteiger partial charge in [-0.15, -0.1) is 11.3 Å². The molecule has 110 valence electrons. The number of anilines is 2. The van der Waals surface area contributed by atoms with Crippen LogP contribution in [0, 0.1) is 0 Å². The fourth-order valence-electron chi connectivity index (χ4n) is 1.92. The average molecular weight is 343 g/mol. The third-order valence-electron chi connectivity index (χ3n) is 2.83. The van der Waals surface area contributed by atoms with Gasteiger partial charge < -0.3 is 5.32 Å². The molecule has 2 heterocycles. The molecule has 0 aliphatic rings. The van der Waals surface area contributed by atoms with Crippen molar-refractivity contribution in [1.82, 2.24) is 9.38 Å². The first-order chi connectivity index (χ1) is 10.0. The fourth-order valence-corrected chi connectivity index (χ4v) is 4.31. The van der Waals surface area contributed by atoms with Crippen molar-refractivity contribution in [2.45, 2.75) is 5.03 Å². The van der Waals surface area contributed by atoms with E-state index in [2.05, 4.69) is 15.0 Å². The summed E-state index contributed by atoms with van der Waals surface area (Å²) in [5, 5.41) is 4.96. The van der Waals surface area contributed by atoms with Crippen molar-refractivity contribution in [3.8, 4) is 0 Å². The number of nitrogens with one attached hydrogen (secondary N) is 2. The predicted octanol–water partition coefficient (Wildman–Crippen LogP) is 2.89. The molecular formula is C12H11ClN4O2S2. The number of rotatable bonds is 4. The smallest absolute Gasteiger partial charge is 0.281 e. The van der Waals surface area contributed by atoms with Crippen molar-refractivity contribution in [2.75, 3.05) is 17.1 Å². The minimum absolute atomic E-state index is 0.0566. The molecule has 0 bridgehead atoms. The van der Waals surface area contributed by atoms with Gasteiger partial charge in [-0.25, -0.2) is 4.98 Å². The lowest BCUT2D eigenvalue weighted by molar-refractivity contribution is 0.597. The molecule has 0 amide bonds. The maximum Gasteiger partial charge on any atom is 0.281 e. The van der Waals surface area contributed by atoms with E-state index in [0.29, 0.717) is 21.5 Å². The highest BCUT2D eigenvalue weighted by Crippen LogP contribution is 2.29. The number of hydrogen-bond acceptors (Lipinski definition) is 5. The first kappa shape index (κ1) is 14.2. The Kier molecular flexibility index (Phi) is 3.52. The molecule has 0 aliphatic carbocycles. The summed E-state index contributed by atoms with van der Waals surface area (Å²) in [6.45, 7) is 0. The number of thiazole rings is 1. The second-order valence-electron chi connectivity index (χ2n) is 4.16. The summed E-state index contributed by atoms with van der Waals surface area (Å²) in [4.78, 5) is 4.84. The van der Waals surface area contributed by atoms with E-state index in [-0.39, 0.29) is 5.03 Å². The maximum atomic E-state index is 12.6. The Morgan fingerprint density at radius 2 is 2.10 bits per heavy atom. The van der Waals surface area contributed by atoms with E-state index in [1.165, 1.54) is 15.7 Å². The van der Waals surface area contributed by atoms with E-state index in [9.17, 15) is 8.42 Å². The molecule has 9 heteroatoms. The fraction of sp³-hybridized carbons (Fsp3) is 0.0833. The summed E-state index contributed by atoms with van der Waals surface area (Å²) in [6, 6.07) is 6.66. The number of halogens is 1. The van der Waals surface area contributed by atoms with Crippen molar-refractivity contribution in [3.63, 3.8) is 0 Å². The van der Waals surface area contributed by atoms with E-state index < -0.39 is 10.0 Å². The van der Waals surface area contributed by atoms with Gasteiger partial charge >= 0.3 is 0 Å². The third-order valence-corrected chi connectivity index (χ3v) is 5.30. The quantitative estimate of drug-likeness (QED) is 0.764. The highest BCUT2D eigenvalue weighted by atomic mass is 35.5. The monoisotopic (exact) mass is 342 g/mol. The lowest BCUT2D eigenvalue weighted by Crippen LogP contribution is -2.16. The first-order valence-electron chi connectivity index (χ1n) is 5.93. The lowest BCUT2D eigenvalue weighted by atomic mass is 10.3. The number of nitrogens with zero attached hydrogens (tertiary/aromatic N) is 2. The van der Waals surface area contributed by atoms with E-state index in [1.54, 1.807) is 42.9 Å². The summed E-state index contributed by atoms with van der Waals surface area (Å²) in [6.07, 6.45) is 1.66. The molecule has 3 aromatic rings. The SMILES string of the molecule is CNc1nc2sccn2c1S(=O)(=O)Nc1ccccc1Cl. The van der Waals surface area contributed by atoms with Crippen LogP contribution >= 0.6 is 22.9 Å². The molecule has 3 rings (SSSR count). The van der Waals surface area contributed by atoms with Gasteiger partial charge in [0.1, 0.15) is 0 Å². The van der Waals surface area contributed by atoms with Gasteiger partial charge in [-0.2, -0.15) is 8.42 Å². The normalized spacial score (nSPS) is 11.7. The van der Waals surface area contributed by atoms with E-state index >= 15 is 0 Å². The standard InChI is InChI=1S/C12H11ClN4O2S2/c1-14-10-11(17-6-7-20-12(17)15-10)21(18,19)16-9-5-3-2-4-8(9)13/h2-7,14,16H,1H3. The number of aromatic nitrogens is 2. The van der Waals surface area contributed by atoms with E-state index in [1.807, 2.05) is 0 Å². The summed E-state index contributed by atoms with van der Waals surface area (Å²) in [7, 11) is -2.20. The Hall–Kier alpha value is -1.77. The van der Waals surface area contributed by atoms with Gasteiger partial charge in [0.25, 0.3) is 10.0 Å². The maximum absolute atomic E-state index is 12.6. The average Bonchev–Trinajstić information content (AvgIpc) is 3.00. The highest BCUT2D eigenvalue weighted by Gasteiger charge is 2.26. The zero-order valence-corrected chi connectivity index (χ0v) is 13.3. The zero-order valence-electron chi connectivity index (χ0n) is 10.9. The Bertz CT molecular complexity index is 901. The third kappa shape index (κ3) is 2.45. The van der Waals surface area contributed by atoms with E-state index in [0.717, 1.165) is 0 Å². The zero-order chi connectivity index (χ0) is 15.0. The van der Waals surface area contributed by atoms with Crippen molar-refractivity contribution in [1.29, 1.82) is 0 Å². The molecule has 0 saturated heterocycles. The van der Waals surface area contributed by atoms with Gasteiger partial charge in [-0.3, -0.25) is 9.12 Å². The molecule has 0 aliphatic heterocycles. The van der Waals surface area contributed by atoms with Gasteiger partial charge in [-0.1, -0.05) is 23.7 Å². The van der Waals surface area contributed by atoms with Crippen molar-refractivity contribution >= 4 is 49.4 Å². The molecule has 2 aromatic heterocycles. The summed E-state index contributed by atoms with van der Waals surface area (Å²) in [5.74, 6) is 0.293. The second kappa shape index (κ2) is 5.21. The minimum Gasteiger partial charge on any atom is -0.371 e. The van der Waals surface area contributed by atoms with Crippen LogP contribution < -0.4 is 10.0 Å². The van der Waals surface area contributed by atoms with Crippen LogP contribution in [0.25, 0.3) is 4.96 Å². The lowest BCUT2D eigenvalue weighted by Gasteiger charge is -2.10. The molecule has 0 fully saturated rings. The number of fused-ring (bicyclic) bond motifs is 1. The summed E-state index contributed by atoms with van der Waals surface area (Å²) < 4.78 is 29.3. The first-order valence-corrected chi connectivity index (χ1v) is 8.67. The molecule has 1 aromatic carbocycles. The predicted molar refractivity (Wildman–Crippen MR) is 84.9 cm³/mol. The van der Waals surface area contributed by atoms with Crippen molar-refractivity contribution in [2.24, 2.45) is 0 Å². The molecular weight excluding hydrogens is 332 g/mol. The molecule has 0 saturated carbocycles. The second-order valence-corrected chi connectivity index (χ2v) is 7.03. The van der Waals surface area contributed by atoms with Gasteiger partial charge in [0.2, 0.25) is 5.03 Å². The van der Waals surface area contributed by atoms with Crippen molar-refractivity contribution in [3.05, 3.63) is 40.9 Å². The van der Waals surface area contributed by atoms with Crippen LogP contribution in [0.5, 0.6) is 0 Å². The number of benzene rings is 1. The Morgan fingerprint density at radius 1 is 1.33 bits per heavy atom.